The molecule has 5 heteroatoms. The van der Waals surface area contributed by atoms with Crippen LogP contribution in [-0.2, 0) is 6.42 Å². The minimum atomic E-state index is 0.269. The zero-order valence-corrected chi connectivity index (χ0v) is 21.8. The maximum absolute atomic E-state index is 8.92. The van der Waals surface area contributed by atoms with Gasteiger partial charge in [-0.3, -0.25) is 11.3 Å². The average Bonchev–Trinajstić information content (AvgIpc) is 3.53. The number of allylic oxidation sites excluding steroid dienone is 3. The first-order valence-electron chi connectivity index (χ1n) is 13.3. The summed E-state index contributed by atoms with van der Waals surface area (Å²) < 4.78 is 5.96. The maximum atomic E-state index is 8.92. The zero-order valence-electron chi connectivity index (χ0n) is 21.8. The lowest BCUT2D eigenvalue weighted by atomic mass is 9.86. The van der Waals surface area contributed by atoms with Crippen LogP contribution in [0.3, 0.4) is 0 Å². The second-order valence-electron chi connectivity index (χ2n) is 10.2. The molecular weight excluding hydrogens is 480 g/mol. The quantitative estimate of drug-likeness (QED) is 0.168. The van der Waals surface area contributed by atoms with Crippen molar-refractivity contribution < 1.29 is 4.42 Å². The van der Waals surface area contributed by atoms with Crippen LogP contribution in [0, 0.1) is 17.2 Å². The molecule has 1 aliphatic rings. The number of para-hydroxylation sites is 2. The predicted octanol–water partition coefficient (Wildman–Crippen LogP) is 7.68. The number of H-pyrrole nitrogens is 1. The van der Waals surface area contributed by atoms with Gasteiger partial charge in [-0.15, -0.1) is 0 Å². The number of fused-ring (bicyclic) bond motifs is 6. The van der Waals surface area contributed by atoms with Gasteiger partial charge in [0.2, 0.25) is 0 Å². The fraction of sp³-hybridized carbons (Fsp3) is 0.147. The summed E-state index contributed by atoms with van der Waals surface area (Å²) in [6, 6.07) is 31.1. The Balaban J connectivity index is 0.000000142. The number of aromatic amines is 1. The molecule has 2 unspecified atom stereocenters. The average molecular weight is 511 g/mol. The fourth-order valence-corrected chi connectivity index (χ4v) is 5.45. The molecule has 0 radical (unpaired) electrons. The molecule has 2 aromatic heterocycles. The van der Waals surface area contributed by atoms with E-state index in [1.54, 1.807) is 0 Å². The van der Waals surface area contributed by atoms with Crippen molar-refractivity contribution in [3.63, 3.8) is 0 Å². The number of nitrogens with zero attached hydrogens (tertiary/aromatic N) is 1. The van der Waals surface area contributed by atoms with Gasteiger partial charge in [0.1, 0.15) is 11.2 Å². The normalized spacial score (nSPS) is 15.7. The van der Waals surface area contributed by atoms with Crippen LogP contribution >= 0.6 is 0 Å². The first-order valence-corrected chi connectivity index (χ1v) is 13.3. The number of benzene rings is 4. The third-order valence-corrected chi connectivity index (χ3v) is 7.58. The van der Waals surface area contributed by atoms with Gasteiger partial charge in [-0.05, 0) is 67.6 Å². The van der Waals surface area contributed by atoms with Gasteiger partial charge < -0.3 is 9.40 Å². The number of nitrogens with two attached hydrogens (primary N) is 1. The van der Waals surface area contributed by atoms with E-state index >= 15 is 0 Å². The summed E-state index contributed by atoms with van der Waals surface area (Å²) in [6.45, 7) is 2.09. The van der Waals surface area contributed by atoms with Gasteiger partial charge in [0, 0.05) is 38.6 Å². The molecule has 4 N–H and O–H groups in total. The van der Waals surface area contributed by atoms with Crippen molar-refractivity contribution in [3.05, 3.63) is 120 Å². The van der Waals surface area contributed by atoms with Gasteiger partial charge in [-0.25, -0.2) is 0 Å². The third-order valence-electron chi connectivity index (χ3n) is 7.58. The number of hydrogen-bond donors (Lipinski definition) is 3. The highest BCUT2D eigenvalue weighted by atomic mass is 16.3. The van der Waals surface area contributed by atoms with Gasteiger partial charge in [-0.2, -0.15) is 5.26 Å². The summed E-state index contributed by atoms with van der Waals surface area (Å²) in [4.78, 5) is 3.48. The minimum absolute atomic E-state index is 0.269. The fourth-order valence-electron chi connectivity index (χ4n) is 5.45. The topological polar surface area (TPSA) is 90.8 Å². The molecular formula is C34H30N4O. The number of nitriles is 1. The molecule has 0 bridgehead atoms. The molecule has 39 heavy (non-hydrogen) atoms. The second-order valence-corrected chi connectivity index (χ2v) is 10.2. The zero-order chi connectivity index (χ0) is 26.8. The van der Waals surface area contributed by atoms with E-state index in [9.17, 15) is 0 Å². The molecule has 4 aromatic carbocycles. The van der Waals surface area contributed by atoms with Crippen molar-refractivity contribution >= 4 is 43.7 Å². The number of hydrogen-bond acceptors (Lipinski definition) is 4. The van der Waals surface area contributed by atoms with Crippen molar-refractivity contribution in [2.75, 3.05) is 0 Å². The number of rotatable bonds is 4. The summed E-state index contributed by atoms with van der Waals surface area (Å²) in [5.74, 6) is 5.93. The van der Waals surface area contributed by atoms with Gasteiger partial charge in [0.05, 0.1) is 11.6 Å². The Kier molecular flexibility index (Phi) is 6.73. The van der Waals surface area contributed by atoms with Gasteiger partial charge in [0.25, 0.3) is 0 Å². The maximum Gasteiger partial charge on any atom is 0.136 e. The van der Waals surface area contributed by atoms with Crippen molar-refractivity contribution in [1.29, 1.82) is 5.26 Å². The van der Waals surface area contributed by atoms with Crippen LogP contribution < -0.4 is 11.3 Å². The number of furan rings is 1. The van der Waals surface area contributed by atoms with Crippen LogP contribution in [0.5, 0.6) is 0 Å². The molecule has 0 spiro atoms. The predicted molar refractivity (Wildman–Crippen MR) is 160 cm³/mol. The minimum Gasteiger partial charge on any atom is -0.456 e. The smallest absolute Gasteiger partial charge is 0.136 e. The molecule has 192 valence electrons. The van der Waals surface area contributed by atoms with Gasteiger partial charge in [0.15, 0.2) is 0 Å². The Morgan fingerprint density at radius 1 is 0.923 bits per heavy atom. The van der Waals surface area contributed by atoms with Crippen molar-refractivity contribution in [2.45, 2.75) is 25.8 Å². The summed E-state index contributed by atoms with van der Waals surface area (Å²) in [6.07, 6.45) is 8.37. The molecule has 0 fully saturated rings. The van der Waals surface area contributed by atoms with Crippen molar-refractivity contribution in [1.82, 2.24) is 10.4 Å². The standard InChI is InChI=1S/C18H11NO.C16H19N3/c1-3-7-15-11(5-1)13-10-18-14(9-16(13)19-15)12-6-2-4-8-17(12)20-18;1-12(19-18)16-7-3-5-14(10-16)8-13-4-2-6-15(9-13)11-17/h1-10,19H;2-7,9,12,16,19H,8,10,18H2,1H3. The highest BCUT2D eigenvalue weighted by molar-refractivity contribution is 6.15. The Morgan fingerprint density at radius 2 is 1.74 bits per heavy atom. The Hall–Kier alpha value is -4.63. The molecule has 2 atom stereocenters. The van der Waals surface area contributed by atoms with Crippen LogP contribution in [0.25, 0.3) is 43.7 Å². The van der Waals surface area contributed by atoms with E-state index in [2.05, 4.69) is 90.2 Å². The number of hydrazine groups is 1. The highest BCUT2D eigenvalue weighted by Gasteiger charge is 2.17. The lowest BCUT2D eigenvalue weighted by Gasteiger charge is -2.24. The van der Waals surface area contributed by atoms with E-state index in [0.717, 1.165) is 35.1 Å². The van der Waals surface area contributed by atoms with Crippen molar-refractivity contribution in [2.24, 2.45) is 11.8 Å². The first-order chi connectivity index (χ1) is 19.1. The van der Waals surface area contributed by atoms with Crippen molar-refractivity contribution in [3.8, 4) is 6.07 Å². The van der Waals surface area contributed by atoms with E-state index in [1.165, 1.54) is 38.2 Å². The molecule has 2 heterocycles. The number of aromatic nitrogens is 1. The molecule has 1 aliphatic carbocycles. The largest absolute Gasteiger partial charge is 0.456 e. The van der Waals surface area contributed by atoms with Gasteiger partial charge in [-0.1, -0.05) is 72.3 Å². The van der Waals surface area contributed by atoms with Gasteiger partial charge >= 0.3 is 0 Å². The van der Waals surface area contributed by atoms with E-state index < -0.39 is 0 Å². The van der Waals surface area contributed by atoms with Crippen LogP contribution in [0.1, 0.15) is 24.5 Å². The lowest BCUT2D eigenvalue weighted by molar-refractivity contribution is 0.436. The monoisotopic (exact) mass is 510 g/mol. The molecule has 0 saturated carbocycles. The van der Waals surface area contributed by atoms with E-state index in [4.69, 9.17) is 15.5 Å². The molecule has 0 aliphatic heterocycles. The lowest BCUT2D eigenvalue weighted by Crippen LogP contribution is -2.38. The van der Waals surface area contributed by atoms with E-state index in [0.29, 0.717) is 5.92 Å². The van der Waals surface area contributed by atoms with E-state index in [1.807, 2.05) is 36.4 Å². The van der Waals surface area contributed by atoms with Crippen LogP contribution in [-0.4, -0.2) is 11.0 Å². The molecule has 7 rings (SSSR count). The second kappa shape index (κ2) is 10.6. The number of nitrogens with one attached hydrogen (secondary N) is 2. The molecule has 0 saturated heterocycles. The Labute approximate surface area is 227 Å². The highest BCUT2D eigenvalue weighted by Crippen LogP contribution is 2.34. The van der Waals surface area contributed by atoms with E-state index in [-0.39, 0.29) is 6.04 Å². The van der Waals surface area contributed by atoms with Crippen LogP contribution in [0.15, 0.2) is 113 Å². The molecule has 0 amide bonds. The summed E-state index contributed by atoms with van der Waals surface area (Å²) in [5, 5.41) is 13.7. The third kappa shape index (κ3) is 4.96. The summed E-state index contributed by atoms with van der Waals surface area (Å²) >= 11 is 0. The summed E-state index contributed by atoms with van der Waals surface area (Å²) in [7, 11) is 0. The van der Waals surface area contributed by atoms with Crippen LogP contribution in [0.2, 0.25) is 0 Å². The summed E-state index contributed by atoms with van der Waals surface area (Å²) in [5.41, 5.74) is 10.3. The Morgan fingerprint density at radius 3 is 2.59 bits per heavy atom. The van der Waals surface area contributed by atoms with Crippen LogP contribution in [0.4, 0.5) is 0 Å². The molecule has 5 nitrogen and oxygen atoms in total. The Bertz CT molecular complexity index is 1810. The first kappa shape index (κ1) is 24.7. The molecule has 6 aromatic rings. The SMILES string of the molecule is CC(NN)C1C=CC=C(Cc2cccc(C#N)c2)C1.c1ccc2c(c1)[nH]c1cc3c(cc12)oc1ccccc13.